The van der Waals surface area contributed by atoms with E-state index in [1.54, 1.807) is 0 Å². The van der Waals surface area contributed by atoms with Gasteiger partial charge in [-0.2, -0.15) is 0 Å². The van der Waals surface area contributed by atoms with Gasteiger partial charge < -0.3 is 5.32 Å². The topological polar surface area (TPSA) is 18.5 Å². The first-order chi connectivity index (χ1) is 8.95. The SMILES string of the molecule is CCCC(CNCC(C)C)N1CC(C)N(C)C(C)C1. The molecule has 0 aromatic heterocycles. The minimum Gasteiger partial charge on any atom is -0.315 e. The quantitative estimate of drug-likeness (QED) is 0.766. The first-order valence-electron chi connectivity index (χ1n) is 8.12. The first kappa shape index (κ1) is 16.9. The fraction of sp³-hybridized carbons (Fsp3) is 1.00. The molecule has 0 radical (unpaired) electrons. The second-order valence-electron chi connectivity index (χ2n) is 6.81. The lowest BCUT2D eigenvalue weighted by molar-refractivity contribution is 0.0309. The average Bonchev–Trinajstić information content (AvgIpc) is 2.34. The number of likely N-dealkylation sites (N-methyl/N-ethyl adjacent to an activating group) is 1. The van der Waals surface area contributed by atoms with Crippen LogP contribution < -0.4 is 5.32 Å². The first-order valence-corrected chi connectivity index (χ1v) is 8.12. The van der Waals surface area contributed by atoms with Gasteiger partial charge in [-0.25, -0.2) is 0 Å². The van der Waals surface area contributed by atoms with E-state index in [2.05, 4.69) is 56.8 Å². The molecule has 3 atom stereocenters. The Morgan fingerprint density at radius 1 is 1.11 bits per heavy atom. The van der Waals surface area contributed by atoms with Crippen LogP contribution in [0, 0.1) is 5.92 Å². The van der Waals surface area contributed by atoms with Crippen molar-refractivity contribution in [1.82, 2.24) is 15.1 Å². The molecule has 1 N–H and O–H groups in total. The lowest BCUT2D eigenvalue weighted by atomic mass is 10.0. The van der Waals surface area contributed by atoms with Gasteiger partial charge in [0.1, 0.15) is 0 Å². The van der Waals surface area contributed by atoms with E-state index < -0.39 is 0 Å². The van der Waals surface area contributed by atoms with Gasteiger partial charge in [-0.05, 0) is 39.8 Å². The molecule has 19 heavy (non-hydrogen) atoms. The molecular formula is C16H35N3. The molecule has 0 aromatic carbocycles. The number of hydrogen-bond donors (Lipinski definition) is 1. The van der Waals surface area contributed by atoms with Gasteiger partial charge in [0.25, 0.3) is 0 Å². The molecule has 0 spiro atoms. The Morgan fingerprint density at radius 3 is 2.16 bits per heavy atom. The van der Waals surface area contributed by atoms with E-state index in [-0.39, 0.29) is 0 Å². The summed E-state index contributed by atoms with van der Waals surface area (Å²) in [7, 11) is 2.26. The van der Waals surface area contributed by atoms with Crippen molar-refractivity contribution in [1.29, 1.82) is 0 Å². The molecule has 0 aromatic rings. The van der Waals surface area contributed by atoms with Crippen molar-refractivity contribution in [2.45, 2.75) is 65.6 Å². The van der Waals surface area contributed by atoms with Crippen molar-refractivity contribution in [3.63, 3.8) is 0 Å². The summed E-state index contributed by atoms with van der Waals surface area (Å²) < 4.78 is 0. The van der Waals surface area contributed by atoms with Crippen LogP contribution in [0.1, 0.15) is 47.5 Å². The number of hydrogen-bond acceptors (Lipinski definition) is 3. The largest absolute Gasteiger partial charge is 0.315 e. The van der Waals surface area contributed by atoms with Crippen molar-refractivity contribution >= 4 is 0 Å². The highest BCUT2D eigenvalue weighted by Gasteiger charge is 2.30. The Kier molecular flexibility index (Phi) is 7.33. The molecule has 1 aliphatic rings. The molecule has 3 heteroatoms. The van der Waals surface area contributed by atoms with Crippen LogP contribution in [-0.2, 0) is 0 Å². The highest BCUT2D eigenvalue weighted by atomic mass is 15.3. The molecule has 1 fully saturated rings. The maximum Gasteiger partial charge on any atom is 0.0221 e. The molecule has 0 bridgehead atoms. The van der Waals surface area contributed by atoms with Crippen LogP contribution in [0.2, 0.25) is 0 Å². The summed E-state index contributed by atoms with van der Waals surface area (Å²) in [6.45, 7) is 16.3. The molecule has 3 nitrogen and oxygen atoms in total. The van der Waals surface area contributed by atoms with Crippen LogP contribution in [0.25, 0.3) is 0 Å². The Bertz CT molecular complexity index is 230. The minimum atomic E-state index is 0.674. The minimum absolute atomic E-state index is 0.674. The van der Waals surface area contributed by atoms with E-state index in [1.165, 1.54) is 25.9 Å². The third-order valence-electron chi connectivity index (χ3n) is 4.46. The van der Waals surface area contributed by atoms with Crippen LogP contribution in [0.4, 0.5) is 0 Å². The van der Waals surface area contributed by atoms with Crippen LogP contribution >= 0.6 is 0 Å². The molecule has 114 valence electrons. The normalized spacial score (nSPS) is 27.9. The van der Waals surface area contributed by atoms with E-state index in [4.69, 9.17) is 0 Å². The van der Waals surface area contributed by atoms with Gasteiger partial charge in [0.15, 0.2) is 0 Å². The Hall–Kier alpha value is -0.120. The van der Waals surface area contributed by atoms with Gasteiger partial charge in [0, 0.05) is 37.8 Å². The highest BCUT2D eigenvalue weighted by Crippen LogP contribution is 2.17. The maximum atomic E-state index is 3.65. The Balaban J connectivity index is 2.50. The van der Waals surface area contributed by atoms with Crippen LogP contribution in [-0.4, -0.2) is 61.2 Å². The summed E-state index contributed by atoms with van der Waals surface area (Å²) in [6, 6.07) is 2.06. The van der Waals surface area contributed by atoms with E-state index in [0.29, 0.717) is 18.1 Å². The van der Waals surface area contributed by atoms with Gasteiger partial charge in [0.05, 0.1) is 0 Å². The number of nitrogens with zero attached hydrogens (tertiary/aromatic N) is 2. The van der Waals surface area contributed by atoms with Gasteiger partial charge in [-0.3, -0.25) is 9.80 Å². The summed E-state index contributed by atoms with van der Waals surface area (Å²) in [5.41, 5.74) is 0. The third-order valence-corrected chi connectivity index (χ3v) is 4.46. The summed E-state index contributed by atoms with van der Waals surface area (Å²) >= 11 is 0. The summed E-state index contributed by atoms with van der Waals surface area (Å²) in [5.74, 6) is 0.743. The van der Waals surface area contributed by atoms with Crippen molar-refractivity contribution in [3.05, 3.63) is 0 Å². The lowest BCUT2D eigenvalue weighted by Crippen LogP contribution is -2.59. The Labute approximate surface area is 120 Å². The zero-order chi connectivity index (χ0) is 14.4. The number of rotatable bonds is 7. The van der Waals surface area contributed by atoms with E-state index in [9.17, 15) is 0 Å². The van der Waals surface area contributed by atoms with E-state index in [1.807, 2.05) is 0 Å². The maximum absolute atomic E-state index is 3.65. The fourth-order valence-corrected chi connectivity index (χ4v) is 3.03. The lowest BCUT2D eigenvalue weighted by Gasteiger charge is -2.45. The van der Waals surface area contributed by atoms with Gasteiger partial charge in [-0.15, -0.1) is 0 Å². The van der Waals surface area contributed by atoms with Gasteiger partial charge >= 0.3 is 0 Å². The monoisotopic (exact) mass is 269 g/mol. The molecule has 0 aliphatic carbocycles. The van der Waals surface area contributed by atoms with Crippen LogP contribution in [0.3, 0.4) is 0 Å². The molecule has 1 saturated heterocycles. The molecule has 1 aliphatic heterocycles. The summed E-state index contributed by atoms with van der Waals surface area (Å²) in [5, 5.41) is 3.65. The van der Waals surface area contributed by atoms with Crippen LogP contribution in [0.5, 0.6) is 0 Å². The smallest absolute Gasteiger partial charge is 0.0221 e. The molecule has 1 rings (SSSR count). The van der Waals surface area contributed by atoms with Crippen molar-refractivity contribution in [3.8, 4) is 0 Å². The number of piperazine rings is 1. The van der Waals surface area contributed by atoms with Crippen molar-refractivity contribution in [2.75, 3.05) is 33.2 Å². The fourth-order valence-electron chi connectivity index (χ4n) is 3.03. The second-order valence-corrected chi connectivity index (χ2v) is 6.81. The van der Waals surface area contributed by atoms with Crippen molar-refractivity contribution in [2.24, 2.45) is 5.92 Å². The summed E-state index contributed by atoms with van der Waals surface area (Å²) in [4.78, 5) is 5.23. The summed E-state index contributed by atoms with van der Waals surface area (Å²) in [6.07, 6.45) is 2.59. The molecule has 0 saturated carbocycles. The zero-order valence-corrected chi connectivity index (χ0v) is 13.9. The van der Waals surface area contributed by atoms with Crippen LogP contribution in [0.15, 0.2) is 0 Å². The number of nitrogens with one attached hydrogen (secondary N) is 1. The Morgan fingerprint density at radius 2 is 1.68 bits per heavy atom. The molecule has 1 heterocycles. The average molecular weight is 269 g/mol. The molecule has 0 amide bonds. The predicted molar refractivity (Wildman–Crippen MR) is 84.7 cm³/mol. The van der Waals surface area contributed by atoms with Crippen molar-refractivity contribution < 1.29 is 0 Å². The highest BCUT2D eigenvalue weighted by molar-refractivity contribution is 4.87. The van der Waals surface area contributed by atoms with E-state index in [0.717, 1.165) is 19.0 Å². The van der Waals surface area contributed by atoms with Gasteiger partial charge in [0.2, 0.25) is 0 Å². The predicted octanol–water partition coefficient (Wildman–Crippen LogP) is 2.43. The molecular weight excluding hydrogens is 234 g/mol. The van der Waals surface area contributed by atoms with E-state index >= 15 is 0 Å². The molecule has 3 unspecified atom stereocenters. The standard InChI is InChI=1S/C16H35N3/c1-7-8-16(10-17-9-13(2)3)19-11-14(4)18(6)15(5)12-19/h13-17H,7-12H2,1-6H3. The second kappa shape index (κ2) is 8.23. The zero-order valence-electron chi connectivity index (χ0n) is 13.9. The third kappa shape index (κ3) is 5.41. The van der Waals surface area contributed by atoms with Gasteiger partial charge in [-0.1, -0.05) is 27.2 Å².